The summed E-state index contributed by atoms with van der Waals surface area (Å²) in [6.07, 6.45) is 1.51. The van der Waals surface area contributed by atoms with Gasteiger partial charge in [-0.1, -0.05) is 25.1 Å². The fourth-order valence-corrected chi connectivity index (χ4v) is 5.12. The lowest BCUT2D eigenvalue weighted by Crippen LogP contribution is -2.49. The lowest BCUT2D eigenvalue weighted by atomic mass is 9.66. The van der Waals surface area contributed by atoms with Gasteiger partial charge in [0.2, 0.25) is 11.8 Å². The van der Waals surface area contributed by atoms with Crippen LogP contribution in [0, 0.1) is 34.8 Å². The number of hydrogen-bond donors (Lipinski definition) is 0. The molecule has 2 aromatic rings. The molecule has 1 aliphatic carbocycles. The standard InChI is InChI=1S/C22H24N2O5/c1-12-6-5-7-14-15(8-9-16(17(12)14)24(27)28)23-20(25)18-13(2)10-11-22(3,29-4)19(18)21(23)26/h5-9,13,18-19H,10-11H2,1-4H3/t13?,18-,19+,22?/m1/s1. The zero-order valence-corrected chi connectivity index (χ0v) is 17.0. The van der Waals surface area contributed by atoms with Crippen molar-refractivity contribution in [3.8, 4) is 0 Å². The maximum Gasteiger partial charge on any atom is 0.277 e. The molecular formula is C22H24N2O5. The van der Waals surface area contributed by atoms with Gasteiger partial charge in [0.1, 0.15) is 0 Å². The van der Waals surface area contributed by atoms with Crippen molar-refractivity contribution in [1.29, 1.82) is 0 Å². The monoisotopic (exact) mass is 396 g/mol. The predicted octanol–water partition coefficient (Wildman–Crippen LogP) is 4.00. The molecule has 1 aliphatic heterocycles. The Kier molecular flexibility index (Phi) is 4.46. The molecule has 2 amide bonds. The minimum Gasteiger partial charge on any atom is -0.378 e. The number of ether oxygens (including phenoxy) is 1. The number of nitro groups is 1. The molecule has 2 fully saturated rings. The fraction of sp³-hybridized carbons (Fsp3) is 0.455. The quantitative estimate of drug-likeness (QED) is 0.444. The van der Waals surface area contributed by atoms with Crippen LogP contribution in [-0.2, 0) is 14.3 Å². The van der Waals surface area contributed by atoms with Gasteiger partial charge >= 0.3 is 0 Å². The number of carbonyl (C=O) groups excluding carboxylic acids is 2. The minimum atomic E-state index is -0.703. The molecule has 0 N–H and O–H groups in total. The number of anilines is 1. The first-order valence-electron chi connectivity index (χ1n) is 9.81. The molecule has 1 heterocycles. The Morgan fingerprint density at radius 2 is 1.93 bits per heavy atom. The Morgan fingerprint density at radius 1 is 1.21 bits per heavy atom. The average Bonchev–Trinajstić information content (AvgIpc) is 2.96. The summed E-state index contributed by atoms with van der Waals surface area (Å²) in [5.41, 5.74) is 0.394. The summed E-state index contributed by atoms with van der Waals surface area (Å²) in [6, 6.07) is 8.20. The number of non-ortho nitro benzene ring substituents is 1. The molecular weight excluding hydrogens is 372 g/mol. The number of imide groups is 1. The van der Waals surface area contributed by atoms with Gasteiger partial charge in [0, 0.05) is 18.6 Å². The van der Waals surface area contributed by atoms with E-state index < -0.39 is 22.4 Å². The zero-order chi connectivity index (χ0) is 21.1. The van der Waals surface area contributed by atoms with Crippen LogP contribution >= 0.6 is 0 Å². The number of nitrogens with zero attached hydrogens (tertiary/aromatic N) is 2. The molecule has 1 saturated carbocycles. The largest absolute Gasteiger partial charge is 0.378 e. The van der Waals surface area contributed by atoms with Crippen molar-refractivity contribution in [2.45, 2.75) is 39.2 Å². The third-order valence-corrected chi connectivity index (χ3v) is 6.83. The number of fused-ring (bicyclic) bond motifs is 2. The maximum absolute atomic E-state index is 13.5. The molecule has 0 radical (unpaired) electrons. The average molecular weight is 396 g/mol. The number of hydrogen-bond acceptors (Lipinski definition) is 5. The summed E-state index contributed by atoms with van der Waals surface area (Å²) in [7, 11) is 1.58. The van der Waals surface area contributed by atoms with Crippen molar-refractivity contribution in [1.82, 2.24) is 0 Å². The number of benzene rings is 2. The fourth-order valence-electron chi connectivity index (χ4n) is 5.12. The van der Waals surface area contributed by atoms with Crippen LogP contribution in [0.2, 0.25) is 0 Å². The van der Waals surface area contributed by atoms with Gasteiger partial charge in [-0.05, 0) is 44.2 Å². The molecule has 7 heteroatoms. The van der Waals surface area contributed by atoms with E-state index in [-0.39, 0.29) is 23.4 Å². The van der Waals surface area contributed by atoms with Gasteiger partial charge in [-0.3, -0.25) is 19.7 Å². The van der Waals surface area contributed by atoms with E-state index >= 15 is 0 Å². The van der Waals surface area contributed by atoms with Crippen molar-refractivity contribution in [3.05, 3.63) is 46.0 Å². The van der Waals surface area contributed by atoms with Crippen molar-refractivity contribution >= 4 is 34.0 Å². The normalized spacial score (nSPS) is 29.4. The molecule has 0 bridgehead atoms. The van der Waals surface area contributed by atoms with E-state index in [0.29, 0.717) is 22.9 Å². The molecule has 152 valence electrons. The molecule has 2 aromatic carbocycles. The van der Waals surface area contributed by atoms with Crippen LogP contribution < -0.4 is 4.90 Å². The second-order valence-corrected chi connectivity index (χ2v) is 8.41. The van der Waals surface area contributed by atoms with Gasteiger partial charge < -0.3 is 4.74 Å². The number of aryl methyl sites for hydroxylation is 1. The van der Waals surface area contributed by atoms with Crippen LogP contribution in [0.5, 0.6) is 0 Å². The van der Waals surface area contributed by atoms with Gasteiger partial charge in [-0.2, -0.15) is 0 Å². The third kappa shape index (κ3) is 2.68. The van der Waals surface area contributed by atoms with Crippen molar-refractivity contribution in [2.24, 2.45) is 17.8 Å². The van der Waals surface area contributed by atoms with E-state index in [9.17, 15) is 19.7 Å². The zero-order valence-electron chi connectivity index (χ0n) is 17.0. The molecule has 2 unspecified atom stereocenters. The topological polar surface area (TPSA) is 89.8 Å². The number of carbonyl (C=O) groups is 2. The van der Waals surface area contributed by atoms with Crippen LogP contribution in [-0.4, -0.2) is 29.4 Å². The van der Waals surface area contributed by atoms with Crippen LogP contribution in [0.15, 0.2) is 30.3 Å². The van der Waals surface area contributed by atoms with Gasteiger partial charge in [0.25, 0.3) is 5.69 Å². The Bertz CT molecular complexity index is 1050. The number of nitro benzene ring substituents is 1. The van der Waals surface area contributed by atoms with Crippen LogP contribution in [0.4, 0.5) is 11.4 Å². The first-order chi connectivity index (χ1) is 13.7. The molecule has 4 rings (SSSR count). The molecule has 7 nitrogen and oxygen atoms in total. The Morgan fingerprint density at radius 3 is 2.59 bits per heavy atom. The maximum atomic E-state index is 13.5. The number of rotatable bonds is 3. The van der Waals surface area contributed by atoms with Gasteiger partial charge in [0.05, 0.1) is 33.4 Å². The van der Waals surface area contributed by atoms with E-state index in [1.807, 2.05) is 13.8 Å². The Labute approximate surface area is 168 Å². The Hall–Kier alpha value is -2.80. The minimum absolute atomic E-state index is 0.0338. The van der Waals surface area contributed by atoms with Gasteiger partial charge in [-0.15, -0.1) is 0 Å². The predicted molar refractivity (Wildman–Crippen MR) is 109 cm³/mol. The van der Waals surface area contributed by atoms with Gasteiger partial charge in [0.15, 0.2) is 0 Å². The van der Waals surface area contributed by atoms with E-state index in [4.69, 9.17) is 4.74 Å². The lowest BCUT2D eigenvalue weighted by molar-refractivity contribution is -0.383. The highest BCUT2D eigenvalue weighted by atomic mass is 16.6. The summed E-state index contributed by atoms with van der Waals surface area (Å²) in [5, 5.41) is 12.5. The summed E-state index contributed by atoms with van der Waals surface area (Å²) in [6.45, 7) is 5.68. The van der Waals surface area contributed by atoms with Crippen LogP contribution in [0.1, 0.15) is 32.3 Å². The third-order valence-electron chi connectivity index (χ3n) is 6.83. The second kappa shape index (κ2) is 6.62. The van der Waals surface area contributed by atoms with E-state index in [2.05, 4.69) is 0 Å². The molecule has 29 heavy (non-hydrogen) atoms. The molecule has 1 saturated heterocycles. The second-order valence-electron chi connectivity index (χ2n) is 8.41. The summed E-state index contributed by atoms with van der Waals surface area (Å²) in [4.78, 5) is 39.3. The highest BCUT2D eigenvalue weighted by molar-refractivity contribution is 6.26. The van der Waals surface area contributed by atoms with E-state index in [0.717, 1.165) is 12.0 Å². The molecule has 0 aromatic heterocycles. The molecule has 4 atom stereocenters. The Balaban J connectivity index is 1.92. The smallest absolute Gasteiger partial charge is 0.277 e. The number of methoxy groups -OCH3 is 1. The van der Waals surface area contributed by atoms with Crippen molar-refractivity contribution in [3.63, 3.8) is 0 Å². The summed E-state index contributed by atoms with van der Waals surface area (Å²) >= 11 is 0. The first kappa shape index (κ1) is 19.5. The van der Waals surface area contributed by atoms with Crippen molar-refractivity contribution < 1.29 is 19.2 Å². The highest BCUT2D eigenvalue weighted by Gasteiger charge is 2.60. The first-order valence-corrected chi connectivity index (χ1v) is 9.81. The molecule has 2 aliphatic rings. The summed E-state index contributed by atoms with van der Waals surface area (Å²) < 4.78 is 5.71. The number of amides is 2. The van der Waals surface area contributed by atoms with Crippen LogP contribution in [0.3, 0.4) is 0 Å². The summed E-state index contributed by atoms with van der Waals surface area (Å²) in [5.74, 6) is -1.47. The van der Waals surface area contributed by atoms with E-state index in [1.165, 1.54) is 17.0 Å². The highest BCUT2D eigenvalue weighted by Crippen LogP contribution is 2.50. The lowest BCUT2D eigenvalue weighted by Gasteiger charge is -2.42. The van der Waals surface area contributed by atoms with Crippen LogP contribution in [0.25, 0.3) is 10.8 Å². The SMILES string of the molecule is COC1(C)CCC(C)[C@H]2C(=O)N(c3ccc([N+](=O)[O-])c4c(C)cccc34)C(=O)[C@H]21. The van der Waals surface area contributed by atoms with E-state index in [1.54, 1.807) is 32.2 Å². The van der Waals surface area contributed by atoms with Gasteiger partial charge in [-0.25, -0.2) is 4.90 Å². The van der Waals surface area contributed by atoms with Crippen molar-refractivity contribution in [2.75, 3.05) is 12.0 Å². The molecule has 0 spiro atoms.